The van der Waals surface area contributed by atoms with Crippen molar-refractivity contribution in [2.24, 2.45) is 0 Å². The Morgan fingerprint density at radius 1 is 1.08 bits per heavy atom. The fourth-order valence-corrected chi connectivity index (χ4v) is 7.99. The van der Waals surface area contributed by atoms with E-state index in [2.05, 4.69) is 32.0 Å². The van der Waals surface area contributed by atoms with E-state index in [-0.39, 0.29) is 43.0 Å². The van der Waals surface area contributed by atoms with E-state index in [0.29, 0.717) is 46.0 Å². The molecule has 51 heavy (non-hydrogen) atoms. The lowest BCUT2D eigenvalue weighted by Crippen LogP contribution is -2.59. The molecule has 6 heterocycles. The van der Waals surface area contributed by atoms with Gasteiger partial charge in [0.15, 0.2) is 0 Å². The van der Waals surface area contributed by atoms with Crippen LogP contribution in [0.4, 0.5) is 36.1 Å². The molecule has 3 N–H and O–H groups in total. The van der Waals surface area contributed by atoms with Crippen LogP contribution in [-0.4, -0.2) is 87.8 Å². The number of carbonyl (C=O) groups excluding carboxylic acids is 1. The molecule has 1 amide bonds. The molecule has 3 aromatic heterocycles. The molecule has 0 spiro atoms. The third-order valence-corrected chi connectivity index (χ3v) is 10.8. The van der Waals surface area contributed by atoms with Gasteiger partial charge in [-0.15, -0.1) is 0 Å². The number of amides is 1. The molecule has 1 aromatic carbocycles. The molecule has 0 bridgehead atoms. The van der Waals surface area contributed by atoms with E-state index in [9.17, 15) is 23.5 Å². The van der Waals surface area contributed by atoms with Gasteiger partial charge in [-0.05, 0) is 67.8 Å². The van der Waals surface area contributed by atoms with Gasteiger partial charge in [-0.1, -0.05) is 0 Å². The summed E-state index contributed by atoms with van der Waals surface area (Å²) >= 11 is 0. The Balaban J connectivity index is 1.06. The van der Waals surface area contributed by atoms with Crippen LogP contribution in [0.15, 0.2) is 47.4 Å². The number of halogens is 3. The number of aliphatic hydroxyl groups excluding tert-OH is 1. The third kappa shape index (κ3) is 6.08. The highest BCUT2D eigenvalue weighted by Gasteiger charge is 2.40. The van der Waals surface area contributed by atoms with Gasteiger partial charge < -0.3 is 34.5 Å². The van der Waals surface area contributed by atoms with Crippen LogP contribution in [0.3, 0.4) is 0 Å². The molecule has 268 valence electrons. The molecule has 14 heteroatoms. The molecular formula is C37H40F3N7O4. The number of ether oxygens (including phenoxy) is 1. The topological polar surface area (TPSA) is 119 Å². The van der Waals surface area contributed by atoms with Crippen molar-refractivity contribution in [2.75, 3.05) is 54.5 Å². The van der Waals surface area contributed by atoms with Crippen LogP contribution in [0.5, 0.6) is 0 Å². The summed E-state index contributed by atoms with van der Waals surface area (Å²) in [5.41, 5.74) is 3.89. The monoisotopic (exact) mass is 703 g/mol. The number of fused-ring (bicyclic) bond motifs is 3. The van der Waals surface area contributed by atoms with Gasteiger partial charge in [-0.25, -0.2) is 18.2 Å². The number of H-pyrrole nitrogens is 1. The highest BCUT2D eigenvalue weighted by Crippen LogP contribution is 2.39. The number of piperazine rings is 1. The number of aliphatic hydroxyl groups is 1. The molecule has 1 aliphatic carbocycles. The first-order chi connectivity index (χ1) is 24.5. The normalized spacial score (nSPS) is 20.6. The maximum atomic E-state index is 15.4. The van der Waals surface area contributed by atoms with Gasteiger partial charge in [-0.3, -0.25) is 14.5 Å². The Labute approximate surface area is 292 Å². The average molecular weight is 704 g/mol. The number of benzene rings is 1. The summed E-state index contributed by atoms with van der Waals surface area (Å²) in [5, 5.41) is 13.7. The lowest BCUT2D eigenvalue weighted by Gasteiger charge is -2.46. The Hall–Kier alpha value is -4.66. The van der Waals surface area contributed by atoms with Crippen LogP contribution < -0.4 is 20.7 Å². The molecule has 0 radical (unpaired) electrons. The van der Waals surface area contributed by atoms with E-state index in [1.54, 1.807) is 29.8 Å². The largest absolute Gasteiger partial charge is 0.392 e. The number of nitrogens with zero attached hydrogens (tertiary/aromatic N) is 5. The van der Waals surface area contributed by atoms with Crippen LogP contribution in [0.25, 0.3) is 11.1 Å². The van der Waals surface area contributed by atoms with E-state index in [4.69, 9.17) is 4.74 Å². The molecule has 8 rings (SSSR count). The van der Waals surface area contributed by atoms with Gasteiger partial charge in [0.05, 0.1) is 49.9 Å². The van der Waals surface area contributed by atoms with Crippen molar-refractivity contribution in [3.05, 3.63) is 87.0 Å². The van der Waals surface area contributed by atoms with Gasteiger partial charge in [0.25, 0.3) is 17.4 Å². The SMILES string of the molecule is Cc1[nH]c(=O)c(Nc2ccc(N3CCN(C4COC4)C[C@@H]3C)cn2)cc1-c1cc(F)cc(N2CCn3c(cc4c3CC(F)(F)CC4)C2=O)c1CO. The zero-order chi connectivity index (χ0) is 35.6. The zero-order valence-corrected chi connectivity index (χ0v) is 28.5. The third-order valence-electron chi connectivity index (χ3n) is 10.8. The number of hydrogen-bond acceptors (Lipinski definition) is 8. The Morgan fingerprint density at radius 3 is 2.61 bits per heavy atom. The molecule has 3 aliphatic heterocycles. The van der Waals surface area contributed by atoms with E-state index in [1.807, 2.05) is 12.1 Å². The van der Waals surface area contributed by atoms with Crippen molar-refractivity contribution >= 4 is 28.8 Å². The standard InChI is InChI=1S/C37H40F3N7O4/c1-21-17-44(26-19-51-20-26)7-8-45(21)25-3-4-34(41-16-25)43-30-14-27(22(2)42-35(30)49)28-12-24(38)13-31(29(28)18-48)47-10-9-46-32(36(47)50)11-23-5-6-37(39,40)15-33(23)46/h3-4,11-14,16,21,26,48H,5-10,15,17-20H2,1-2H3,(H,41,43)(H,42,49)/t21-/m0/s1. The van der Waals surface area contributed by atoms with Crippen molar-refractivity contribution in [2.45, 2.75) is 64.3 Å². The number of alkyl halides is 2. The smallest absolute Gasteiger partial charge is 0.274 e. The zero-order valence-electron chi connectivity index (χ0n) is 28.5. The number of aromatic amines is 1. The molecule has 2 saturated heterocycles. The predicted molar refractivity (Wildman–Crippen MR) is 187 cm³/mol. The van der Waals surface area contributed by atoms with Crippen molar-refractivity contribution in [3.63, 3.8) is 0 Å². The summed E-state index contributed by atoms with van der Waals surface area (Å²) in [5.74, 6) is -3.48. The molecular weight excluding hydrogens is 663 g/mol. The number of aryl methyl sites for hydroxylation is 2. The minimum Gasteiger partial charge on any atom is -0.392 e. The van der Waals surface area contributed by atoms with Gasteiger partial charge in [0, 0.05) is 67.7 Å². The molecule has 0 saturated carbocycles. The number of pyridine rings is 2. The first-order valence-corrected chi connectivity index (χ1v) is 17.4. The molecule has 11 nitrogen and oxygen atoms in total. The molecule has 4 aliphatic rings. The van der Waals surface area contributed by atoms with Crippen LogP contribution in [0.1, 0.15) is 46.3 Å². The van der Waals surface area contributed by atoms with E-state index in [1.165, 1.54) is 17.0 Å². The summed E-state index contributed by atoms with van der Waals surface area (Å²) in [6.45, 7) is 8.04. The highest BCUT2D eigenvalue weighted by molar-refractivity contribution is 6.07. The van der Waals surface area contributed by atoms with Gasteiger partial charge in [0.1, 0.15) is 23.0 Å². The first-order valence-electron chi connectivity index (χ1n) is 17.4. The lowest BCUT2D eigenvalue weighted by atomic mass is 9.94. The van der Waals surface area contributed by atoms with Crippen molar-refractivity contribution in [1.82, 2.24) is 19.4 Å². The summed E-state index contributed by atoms with van der Waals surface area (Å²) < 4.78 is 50.9. The highest BCUT2D eigenvalue weighted by atomic mass is 19.3. The fourth-order valence-electron chi connectivity index (χ4n) is 7.99. The summed E-state index contributed by atoms with van der Waals surface area (Å²) in [6.07, 6.45) is 1.27. The number of carbonyl (C=O) groups is 1. The summed E-state index contributed by atoms with van der Waals surface area (Å²) in [4.78, 5) is 40.6. The van der Waals surface area contributed by atoms with E-state index < -0.39 is 36.2 Å². The predicted octanol–water partition coefficient (Wildman–Crippen LogP) is 4.62. The minimum absolute atomic E-state index is 0.109. The van der Waals surface area contributed by atoms with Crippen LogP contribution in [-0.2, 0) is 30.7 Å². The van der Waals surface area contributed by atoms with Gasteiger partial charge in [0.2, 0.25) is 0 Å². The molecule has 0 unspecified atom stereocenters. The number of anilines is 4. The van der Waals surface area contributed by atoms with E-state index in [0.717, 1.165) is 44.1 Å². The van der Waals surface area contributed by atoms with Crippen LogP contribution in [0.2, 0.25) is 0 Å². The molecule has 2 fully saturated rings. The lowest BCUT2D eigenvalue weighted by molar-refractivity contribution is -0.0691. The van der Waals surface area contributed by atoms with Gasteiger partial charge in [-0.2, -0.15) is 0 Å². The second-order valence-electron chi connectivity index (χ2n) is 14.1. The molecule has 1 atom stereocenters. The summed E-state index contributed by atoms with van der Waals surface area (Å²) in [7, 11) is 0. The molecule has 4 aromatic rings. The number of hydrogen-bond donors (Lipinski definition) is 3. The fraction of sp³-hybridized carbons (Fsp3) is 0.432. The number of rotatable bonds is 7. The number of aromatic nitrogens is 3. The Morgan fingerprint density at radius 2 is 1.90 bits per heavy atom. The van der Waals surface area contributed by atoms with Crippen molar-refractivity contribution in [3.8, 4) is 11.1 Å². The van der Waals surface area contributed by atoms with Crippen LogP contribution in [0, 0.1) is 12.7 Å². The minimum atomic E-state index is -2.83. The Kier molecular flexibility index (Phi) is 8.43. The first kappa shape index (κ1) is 33.5. The van der Waals surface area contributed by atoms with Crippen LogP contribution >= 0.6 is 0 Å². The quantitative estimate of drug-likeness (QED) is 0.256. The summed E-state index contributed by atoms with van der Waals surface area (Å²) in [6, 6.07) is 10.3. The Bertz CT molecular complexity index is 2060. The van der Waals surface area contributed by atoms with Crippen molar-refractivity contribution < 1.29 is 27.8 Å². The maximum Gasteiger partial charge on any atom is 0.274 e. The second-order valence-corrected chi connectivity index (χ2v) is 14.1. The van der Waals surface area contributed by atoms with E-state index >= 15 is 4.39 Å². The van der Waals surface area contributed by atoms with Gasteiger partial charge >= 0.3 is 0 Å². The van der Waals surface area contributed by atoms with Crippen molar-refractivity contribution in [1.29, 1.82) is 0 Å². The second kappa shape index (κ2) is 12.8. The maximum absolute atomic E-state index is 15.4. The average Bonchev–Trinajstić information content (AvgIpc) is 3.43. The number of nitrogens with one attached hydrogen (secondary N) is 2.